The number of carbonyl (C=O) groups excluding carboxylic acids is 1. The minimum absolute atomic E-state index is 0.145. The first-order valence-electron chi connectivity index (χ1n) is 7.66. The van der Waals surface area contributed by atoms with E-state index in [9.17, 15) is 9.59 Å². The Morgan fingerprint density at radius 1 is 1.28 bits per heavy atom. The number of fused-ring (bicyclic) bond motifs is 1. The van der Waals surface area contributed by atoms with Crippen molar-refractivity contribution in [1.29, 1.82) is 0 Å². The van der Waals surface area contributed by atoms with Crippen LogP contribution in [0.1, 0.15) is 23.5 Å². The van der Waals surface area contributed by atoms with Crippen LogP contribution in [-0.2, 0) is 11.8 Å². The largest absolute Gasteiger partial charge is 0.497 e. The maximum Gasteiger partial charge on any atom is 0.279 e. The Labute approximate surface area is 149 Å². The highest BCUT2D eigenvalue weighted by atomic mass is 32.2. The fraction of sp³-hybridized carbons (Fsp3) is 0.353. The molecule has 1 aromatic carbocycles. The molecule has 1 amide bonds. The van der Waals surface area contributed by atoms with Crippen LogP contribution >= 0.6 is 11.8 Å². The molecule has 1 aliphatic heterocycles. The number of thioether (sulfide) groups is 1. The Morgan fingerprint density at radius 2 is 2.04 bits per heavy atom. The molecule has 1 N–H and O–H groups in total. The molecule has 0 bridgehead atoms. The molecule has 1 aromatic heterocycles. The highest BCUT2D eigenvalue weighted by Crippen LogP contribution is 2.40. The number of anilines is 1. The van der Waals surface area contributed by atoms with Gasteiger partial charge in [-0.05, 0) is 24.5 Å². The van der Waals surface area contributed by atoms with Gasteiger partial charge in [-0.1, -0.05) is 11.8 Å². The molecule has 8 heteroatoms. The maximum atomic E-state index is 12.7. The predicted molar refractivity (Wildman–Crippen MR) is 95.9 cm³/mol. The van der Waals surface area contributed by atoms with Gasteiger partial charge in [0.1, 0.15) is 17.3 Å². The molecule has 1 atom stereocenters. The molecule has 0 spiro atoms. The summed E-state index contributed by atoms with van der Waals surface area (Å²) in [7, 11) is 4.91. The van der Waals surface area contributed by atoms with Gasteiger partial charge in [-0.3, -0.25) is 9.59 Å². The first kappa shape index (κ1) is 17.3. The van der Waals surface area contributed by atoms with Crippen LogP contribution in [0.4, 0.5) is 5.82 Å². The quantitative estimate of drug-likeness (QED) is 0.662. The molecule has 2 aromatic rings. The normalized spacial score (nSPS) is 16.2. The molecule has 3 rings (SSSR count). The Bertz CT molecular complexity index is 894. The van der Waals surface area contributed by atoms with Crippen molar-refractivity contribution in [3.8, 4) is 11.5 Å². The molecular formula is C17H19N3O4S. The van der Waals surface area contributed by atoms with Crippen molar-refractivity contribution in [3.63, 3.8) is 0 Å². The lowest BCUT2D eigenvalue weighted by Gasteiger charge is -2.28. The Morgan fingerprint density at radius 3 is 2.68 bits per heavy atom. The molecule has 132 valence electrons. The van der Waals surface area contributed by atoms with Crippen molar-refractivity contribution in [2.45, 2.75) is 17.5 Å². The van der Waals surface area contributed by atoms with E-state index in [1.807, 2.05) is 6.26 Å². The smallest absolute Gasteiger partial charge is 0.279 e. The fourth-order valence-electron chi connectivity index (χ4n) is 3.10. The van der Waals surface area contributed by atoms with Gasteiger partial charge in [-0.25, -0.2) is 0 Å². The lowest BCUT2D eigenvalue weighted by atomic mass is 9.86. The monoisotopic (exact) mass is 361 g/mol. The summed E-state index contributed by atoms with van der Waals surface area (Å²) in [6.45, 7) is 0. The zero-order chi connectivity index (χ0) is 18.1. The summed E-state index contributed by atoms with van der Waals surface area (Å²) in [4.78, 5) is 29.1. The number of nitrogens with zero attached hydrogens (tertiary/aromatic N) is 2. The van der Waals surface area contributed by atoms with Gasteiger partial charge in [0, 0.05) is 24.9 Å². The number of ether oxygens (including phenoxy) is 2. The van der Waals surface area contributed by atoms with Crippen molar-refractivity contribution in [2.75, 3.05) is 25.8 Å². The van der Waals surface area contributed by atoms with E-state index in [4.69, 9.17) is 9.47 Å². The predicted octanol–water partition coefficient (Wildman–Crippen LogP) is 1.99. The van der Waals surface area contributed by atoms with Crippen molar-refractivity contribution >= 4 is 23.5 Å². The maximum absolute atomic E-state index is 12.7. The van der Waals surface area contributed by atoms with E-state index in [1.54, 1.807) is 44.0 Å². The van der Waals surface area contributed by atoms with E-state index in [0.717, 1.165) is 5.56 Å². The third-order valence-electron chi connectivity index (χ3n) is 4.30. The summed E-state index contributed by atoms with van der Waals surface area (Å²) >= 11 is 1.35. The molecule has 0 fully saturated rings. The van der Waals surface area contributed by atoms with Crippen LogP contribution < -0.4 is 20.3 Å². The number of nitrogens with one attached hydrogen (secondary N) is 1. The summed E-state index contributed by atoms with van der Waals surface area (Å²) in [6, 6.07) is 5.35. The Hall–Kier alpha value is -2.48. The minimum Gasteiger partial charge on any atom is -0.497 e. The topological polar surface area (TPSA) is 82.4 Å². The second kappa shape index (κ2) is 6.79. The van der Waals surface area contributed by atoms with Gasteiger partial charge in [0.2, 0.25) is 5.91 Å². The van der Waals surface area contributed by atoms with Crippen LogP contribution in [0.3, 0.4) is 0 Å². The number of methoxy groups -OCH3 is 2. The van der Waals surface area contributed by atoms with Gasteiger partial charge >= 0.3 is 0 Å². The zero-order valence-corrected chi connectivity index (χ0v) is 15.3. The molecule has 0 unspecified atom stereocenters. The summed E-state index contributed by atoms with van der Waals surface area (Å²) in [5.74, 6) is 1.11. The molecule has 2 heterocycles. The minimum atomic E-state index is -0.448. The molecule has 0 saturated carbocycles. The number of benzene rings is 1. The van der Waals surface area contributed by atoms with Crippen molar-refractivity contribution < 1.29 is 14.3 Å². The van der Waals surface area contributed by atoms with Crippen LogP contribution in [0.25, 0.3) is 0 Å². The van der Waals surface area contributed by atoms with Crippen molar-refractivity contribution in [1.82, 2.24) is 9.55 Å². The van der Waals surface area contributed by atoms with Crippen LogP contribution in [-0.4, -0.2) is 35.9 Å². The average molecular weight is 361 g/mol. The van der Waals surface area contributed by atoms with Gasteiger partial charge < -0.3 is 19.4 Å². The first-order chi connectivity index (χ1) is 12.0. The van der Waals surface area contributed by atoms with E-state index in [-0.39, 0.29) is 17.9 Å². The average Bonchev–Trinajstić information content (AvgIpc) is 2.63. The van der Waals surface area contributed by atoms with E-state index >= 15 is 0 Å². The van der Waals surface area contributed by atoms with Crippen LogP contribution in [0, 0.1) is 0 Å². The fourth-order valence-corrected chi connectivity index (χ4v) is 3.63. The number of amides is 1. The molecule has 0 radical (unpaired) electrons. The summed E-state index contributed by atoms with van der Waals surface area (Å²) in [6.07, 6.45) is 1.98. The highest BCUT2D eigenvalue weighted by molar-refractivity contribution is 7.98. The van der Waals surface area contributed by atoms with Crippen LogP contribution in [0.5, 0.6) is 11.5 Å². The van der Waals surface area contributed by atoms with Gasteiger partial charge in [-0.15, -0.1) is 0 Å². The standard InChI is InChI=1S/C17H19N3O4S/c1-20-15-14(16(22)19-17(20)25-4)11(8-13(21)18-15)10-7-9(23-2)5-6-12(10)24-3/h5-7,11H,8H2,1-4H3,(H,18,21)/t11-/m0/s1. The van der Waals surface area contributed by atoms with E-state index in [2.05, 4.69) is 10.3 Å². The van der Waals surface area contributed by atoms with E-state index < -0.39 is 5.92 Å². The van der Waals surface area contributed by atoms with Crippen LogP contribution in [0.2, 0.25) is 0 Å². The summed E-state index contributed by atoms with van der Waals surface area (Å²) < 4.78 is 12.5. The second-order valence-electron chi connectivity index (χ2n) is 5.64. The SMILES string of the molecule is COc1ccc(OC)c([C@@H]2CC(=O)Nc3c2c(=O)nc(SC)n3C)c1. The number of carbonyl (C=O) groups is 1. The highest BCUT2D eigenvalue weighted by Gasteiger charge is 2.33. The molecule has 25 heavy (non-hydrogen) atoms. The van der Waals surface area contributed by atoms with Gasteiger partial charge in [0.25, 0.3) is 5.56 Å². The zero-order valence-electron chi connectivity index (χ0n) is 14.5. The number of hydrogen-bond acceptors (Lipinski definition) is 6. The summed E-state index contributed by atoms with van der Waals surface area (Å²) in [5, 5.41) is 3.35. The van der Waals surface area contributed by atoms with E-state index in [0.29, 0.717) is 28.0 Å². The first-order valence-corrected chi connectivity index (χ1v) is 8.89. The summed E-state index contributed by atoms with van der Waals surface area (Å²) in [5.41, 5.74) is 0.854. The number of hydrogen-bond donors (Lipinski definition) is 1. The van der Waals surface area contributed by atoms with Gasteiger partial charge in [0.05, 0.1) is 19.8 Å². The molecule has 1 aliphatic rings. The van der Waals surface area contributed by atoms with Crippen molar-refractivity contribution in [3.05, 3.63) is 39.7 Å². The second-order valence-corrected chi connectivity index (χ2v) is 6.41. The number of aromatic nitrogens is 2. The Balaban J connectivity index is 2.26. The Kier molecular flexibility index (Phi) is 4.71. The third kappa shape index (κ3) is 2.97. The molecule has 0 aliphatic carbocycles. The third-order valence-corrected chi connectivity index (χ3v) is 5.03. The van der Waals surface area contributed by atoms with Crippen molar-refractivity contribution in [2.24, 2.45) is 7.05 Å². The van der Waals surface area contributed by atoms with Gasteiger partial charge in [0.15, 0.2) is 5.16 Å². The van der Waals surface area contributed by atoms with Crippen LogP contribution in [0.15, 0.2) is 28.2 Å². The molecule has 7 nitrogen and oxygen atoms in total. The van der Waals surface area contributed by atoms with Gasteiger partial charge in [-0.2, -0.15) is 4.98 Å². The molecular weight excluding hydrogens is 342 g/mol. The van der Waals surface area contributed by atoms with E-state index in [1.165, 1.54) is 11.8 Å². The number of rotatable bonds is 4. The lowest BCUT2D eigenvalue weighted by Crippen LogP contribution is -2.33. The lowest BCUT2D eigenvalue weighted by molar-refractivity contribution is -0.116. The molecule has 0 saturated heterocycles.